The minimum atomic E-state index is -0.686. The lowest BCUT2D eigenvalue weighted by molar-refractivity contribution is -0.119. The van der Waals surface area contributed by atoms with E-state index in [-0.39, 0.29) is 19.0 Å². The molecular weight excluding hydrogens is 230 g/mol. The lowest BCUT2D eigenvalue weighted by Crippen LogP contribution is -2.42. The van der Waals surface area contributed by atoms with Crippen LogP contribution in [0.4, 0.5) is 5.69 Å². The third kappa shape index (κ3) is 2.53. The Morgan fingerprint density at radius 1 is 1.33 bits per heavy atom. The van der Waals surface area contributed by atoms with Gasteiger partial charge in [0, 0.05) is 25.2 Å². The number of aryl methyl sites for hydroxylation is 1. The molecule has 1 atom stereocenters. The van der Waals surface area contributed by atoms with Gasteiger partial charge in [0.1, 0.15) is 0 Å². The molecule has 98 valence electrons. The second-order valence-corrected chi connectivity index (χ2v) is 4.56. The van der Waals surface area contributed by atoms with Crippen molar-refractivity contribution in [1.29, 1.82) is 0 Å². The summed E-state index contributed by atoms with van der Waals surface area (Å²) < 4.78 is 0. The minimum absolute atomic E-state index is 0.0375. The van der Waals surface area contributed by atoms with Gasteiger partial charge in [0.25, 0.3) is 0 Å². The van der Waals surface area contributed by atoms with Crippen molar-refractivity contribution < 1.29 is 9.90 Å². The first-order valence-electron chi connectivity index (χ1n) is 6.16. The summed E-state index contributed by atoms with van der Waals surface area (Å²) in [5.41, 5.74) is 14.0. The van der Waals surface area contributed by atoms with E-state index in [1.165, 1.54) is 0 Å². The number of amides is 1. The topological polar surface area (TPSA) is 92.6 Å². The Bertz CT molecular complexity index is 448. The molecule has 1 aromatic carbocycles. The highest BCUT2D eigenvalue weighted by molar-refractivity contribution is 5.96. The van der Waals surface area contributed by atoms with Crippen LogP contribution < -0.4 is 16.4 Å². The Morgan fingerprint density at radius 3 is 2.78 bits per heavy atom. The van der Waals surface area contributed by atoms with E-state index < -0.39 is 6.10 Å². The predicted octanol–water partition coefficient (Wildman–Crippen LogP) is -0.256. The van der Waals surface area contributed by atoms with Gasteiger partial charge in [0.15, 0.2) is 0 Å². The van der Waals surface area contributed by atoms with Crippen LogP contribution in [0.3, 0.4) is 0 Å². The Labute approximate surface area is 106 Å². The molecule has 1 aliphatic rings. The molecule has 1 unspecified atom stereocenters. The highest BCUT2D eigenvalue weighted by Gasteiger charge is 2.25. The molecule has 0 spiro atoms. The molecule has 5 nitrogen and oxygen atoms in total. The van der Waals surface area contributed by atoms with Crippen molar-refractivity contribution in [3.8, 4) is 0 Å². The van der Waals surface area contributed by atoms with E-state index in [4.69, 9.17) is 11.5 Å². The van der Waals surface area contributed by atoms with Gasteiger partial charge < -0.3 is 21.5 Å². The standard InChI is InChI=1S/C13H19N3O2/c14-6-9-1-3-12-10(5-9)2-4-13(18)16(12)8-11(17)7-15/h1,3,5,11,17H,2,4,6-8,14-15H2. The first-order valence-corrected chi connectivity index (χ1v) is 6.16. The Hall–Kier alpha value is -1.43. The van der Waals surface area contributed by atoms with Crippen molar-refractivity contribution in [3.63, 3.8) is 0 Å². The van der Waals surface area contributed by atoms with Crippen molar-refractivity contribution in [2.24, 2.45) is 11.5 Å². The van der Waals surface area contributed by atoms with Crippen LogP contribution in [0.1, 0.15) is 17.5 Å². The molecule has 5 heteroatoms. The molecule has 0 saturated carbocycles. The van der Waals surface area contributed by atoms with Gasteiger partial charge in [-0.15, -0.1) is 0 Å². The number of β-amino-alcohol motifs (C(OH)–C–C–N with tert-alkyl or cyclic N) is 1. The third-order valence-corrected chi connectivity index (χ3v) is 3.25. The number of carbonyl (C=O) groups is 1. The molecule has 2 rings (SSSR count). The molecule has 0 fully saturated rings. The zero-order valence-electron chi connectivity index (χ0n) is 10.3. The van der Waals surface area contributed by atoms with Gasteiger partial charge in [-0.25, -0.2) is 0 Å². The smallest absolute Gasteiger partial charge is 0.227 e. The molecule has 0 saturated heterocycles. The molecule has 1 amide bonds. The summed E-state index contributed by atoms with van der Waals surface area (Å²) in [4.78, 5) is 13.5. The van der Waals surface area contributed by atoms with Gasteiger partial charge in [0.05, 0.1) is 12.6 Å². The SMILES string of the molecule is NCc1ccc2c(c1)CCC(=O)N2CC(O)CN. The fraction of sp³-hybridized carbons (Fsp3) is 0.462. The number of benzene rings is 1. The maximum atomic E-state index is 11.9. The Morgan fingerprint density at radius 2 is 2.11 bits per heavy atom. The quantitative estimate of drug-likeness (QED) is 0.685. The van der Waals surface area contributed by atoms with E-state index in [1.54, 1.807) is 4.90 Å². The maximum absolute atomic E-state index is 11.9. The number of fused-ring (bicyclic) bond motifs is 1. The maximum Gasteiger partial charge on any atom is 0.227 e. The zero-order chi connectivity index (χ0) is 13.1. The second-order valence-electron chi connectivity index (χ2n) is 4.56. The first-order chi connectivity index (χ1) is 8.65. The fourth-order valence-electron chi connectivity index (χ4n) is 2.23. The van der Waals surface area contributed by atoms with Crippen molar-refractivity contribution in [2.75, 3.05) is 18.0 Å². The lowest BCUT2D eigenvalue weighted by Gasteiger charge is -2.31. The van der Waals surface area contributed by atoms with Gasteiger partial charge in [-0.1, -0.05) is 12.1 Å². The molecule has 18 heavy (non-hydrogen) atoms. The summed E-state index contributed by atoms with van der Waals surface area (Å²) in [6.45, 7) is 0.900. The van der Waals surface area contributed by atoms with Gasteiger partial charge in [-0.3, -0.25) is 4.79 Å². The van der Waals surface area contributed by atoms with Gasteiger partial charge in [0.2, 0.25) is 5.91 Å². The van der Waals surface area contributed by atoms with Crippen molar-refractivity contribution >= 4 is 11.6 Å². The highest BCUT2D eigenvalue weighted by Crippen LogP contribution is 2.28. The number of nitrogens with zero attached hydrogens (tertiary/aromatic N) is 1. The zero-order valence-corrected chi connectivity index (χ0v) is 10.3. The van der Waals surface area contributed by atoms with Crippen LogP contribution in [-0.4, -0.2) is 30.2 Å². The van der Waals surface area contributed by atoms with Crippen LogP contribution >= 0.6 is 0 Å². The summed E-state index contributed by atoms with van der Waals surface area (Å²) in [6.07, 6.45) is 0.518. The minimum Gasteiger partial charge on any atom is -0.390 e. The number of nitrogens with two attached hydrogens (primary N) is 2. The number of rotatable bonds is 4. The molecule has 0 bridgehead atoms. The Kier molecular flexibility index (Phi) is 3.96. The van der Waals surface area contributed by atoms with E-state index in [2.05, 4.69) is 0 Å². The van der Waals surface area contributed by atoms with E-state index >= 15 is 0 Å². The largest absolute Gasteiger partial charge is 0.390 e. The number of aliphatic hydroxyl groups excluding tert-OH is 1. The van der Waals surface area contributed by atoms with Crippen molar-refractivity contribution in [2.45, 2.75) is 25.5 Å². The average molecular weight is 249 g/mol. The lowest BCUT2D eigenvalue weighted by atomic mass is 9.98. The van der Waals surface area contributed by atoms with E-state index in [1.807, 2.05) is 18.2 Å². The van der Waals surface area contributed by atoms with Crippen LogP contribution in [0.25, 0.3) is 0 Å². The predicted molar refractivity (Wildman–Crippen MR) is 70.1 cm³/mol. The number of anilines is 1. The number of hydrogen-bond donors (Lipinski definition) is 3. The van der Waals surface area contributed by atoms with Crippen LogP contribution in [-0.2, 0) is 17.8 Å². The summed E-state index contributed by atoms with van der Waals surface area (Å²) in [6, 6.07) is 5.85. The van der Waals surface area contributed by atoms with Crippen LogP contribution in [0, 0.1) is 0 Å². The summed E-state index contributed by atoms with van der Waals surface area (Å²) in [7, 11) is 0. The van der Waals surface area contributed by atoms with Crippen molar-refractivity contribution in [1.82, 2.24) is 0 Å². The van der Waals surface area contributed by atoms with Crippen molar-refractivity contribution in [3.05, 3.63) is 29.3 Å². The van der Waals surface area contributed by atoms with Gasteiger partial charge >= 0.3 is 0 Å². The summed E-state index contributed by atoms with van der Waals surface area (Å²) in [5, 5.41) is 9.62. The molecule has 1 aliphatic heterocycles. The molecule has 0 aromatic heterocycles. The third-order valence-electron chi connectivity index (χ3n) is 3.25. The monoisotopic (exact) mass is 249 g/mol. The molecule has 0 radical (unpaired) electrons. The Balaban J connectivity index is 2.29. The molecule has 1 heterocycles. The number of aliphatic hydroxyl groups is 1. The number of hydrogen-bond acceptors (Lipinski definition) is 4. The van der Waals surface area contributed by atoms with Crippen LogP contribution in [0.2, 0.25) is 0 Å². The molecule has 5 N–H and O–H groups in total. The molecule has 1 aromatic rings. The first kappa shape index (κ1) is 13.0. The number of carbonyl (C=O) groups excluding carboxylic acids is 1. The normalized spacial score (nSPS) is 16.6. The fourth-order valence-corrected chi connectivity index (χ4v) is 2.23. The average Bonchev–Trinajstić information content (AvgIpc) is 2.41. The second kappa shape index (κ2) is 5.48. The van der Waals surface area contributed by atoms with E-state index in [0.717, 1.165) is 23.2 Å². The molecular formula is C13H19N3O2. The van der Waals surface area contributed by atoms with Crippen LogP contribution in [0.5, 0.6) is 0 Å². The summed E-state index contributed by atoms with van der Waals surface area (Å²) in [5.74, 6) is 0.0375. The molecule has 0 aliphatic carbocycles. The van der Waals surface area contributed by atoms with Gasteiger partial charge in [-0.05, 0) is 23.6 Å². The van der Waals surface area contributed by atoms with Crippen LogP contribution in [0.15, 0.2) is 18.2 Å². The highest BCUT2D eigenvalue weighted by atomic mass is 16.3. The summed E-state index contributed by atoms with van der Waals surface area (Å²) >= 11 is 0. The van der Waals surface area contributed by atoms with E-state index in [0.29, 0.717) is 13.0 Å². The van der Waals surface area contributed by atoms with E-state index in [9.17, 15) is 9.90 Å². The van der Waals surface area contributed by atoms with Gasteiger partial charge in [-0.2, -0.15) is 0 Å².